The van der Waals surface area contributed by atoms with E-state index in [1.54, 1.807) is 23.0 Å². The summed E-state index contributed by atoms with van der Waals surface area (Å²) in [5, 5.41) is 10.3. The van der Waals surface area contributed by atoms with E-state index in [-0.39, 0.29) is 48.7 Å². The van der Waals surface area contributed by atoms with E-state index in [0.717, 1.165) is 4.90 Å². The van der Waals surface area contributed by atoms with Crippen molar-refractivity contribution in [2.75, 3.05) is 39.6 Å². The molecule has 2 aliphatic rings. The molecular weight excluding hydrogens is 514 g/mol. The highest BCUT2D eigenvalue weighted by Gasteiger charge is 2.46. The first-order valence-electron chi connectivity index (χ1n) is 12.4. The molecule has 0 spiro atoms. The Morgan fingerprint density at radius 1 is 1.03 bits per heavy atom. The number of fused-ring (bicyclic) bond motifs is 1. The number of imide groups is 2. The van der Waals surface area contributed by atoms with E-state index in [1.807, 2.05) is 0 Å². The van der Waals surface area contributed by atoms with Crippen LogP contribution >= 0.6 is 0 Å². The van der Waals surface area contributed by atoms with Crippen molar-refractivity contribution >= 4 is 29.4 Å². The summed E-state index contributed by atoms with van der Waals surface area (Å²) in [7, 11) is 0. The molecule has 1 aromatic heterocycles. The maximum Gasteiger partial charge on any atom is 0.266 e. The molecule has 2 aliphatic heterocycles. The lowest BCUT2D eigenvalue weighted by molar-refractivity contribution is -0.136. The molecule has 1 aromatic carbocycles. The van der Waals surface area contributed by atoms with Crippen molar-refractivity contribution in [3.63, 3.8) is 0 Å². The summed E-state index contributed by atoms with van der Waals surface area (Å²) in [5.41, 5.74) is 0.705. The molecule has 2 aromatic rings. The summed E-state index contributed by atoms with van der Waals surface area (Å²) in [6.45, 7) is 3.87. The zero-order chi connectivity index (χ0) is 27.8. The molecule has 1 atom stereocenters. The zero-order valence-corrected chi connectivity index (χ0v) is 21.4. The third-order valence-electron chi connectivity index (χ3n) is 5.91. The Labute approximate surface area is 223 Å². The van der Waals surface area contributed by atoms with Crippen LogP contribution in [-0.4, -0.2) is 95.0 Å². The van der Waals surface area contributed by atoms with Crippen LogP contribution in [0.2, 0.25) is 0 Å². The van der Waals surface area contributed by atoms with Gasteiger partial charge in [-0.3, -0.25) is 34.2 Å². The summed E-state index contributed by atoms with van der Waals surface area (Å²) >= 11 is 0. The lowest BCUT2D eigenvalue weighted by Crippen LogP contribution is -2.54. The van der Waals surface area contributed by atoms with Crippen LogP contribution in [0, 0.1) is 0 Å². The van der Waals surface area contributed by atoms with Crippen LogP contribution < -0.4 is 10.1 Å². The number of Topliss-reactive ketones (excluding diaryl/α,β-unsaturated/α-hetero) is 1. The summed E-state index contributed by atoms with van der Waals surface area (Å²) in [6, 6.07) is 3.60. The van der Waals surface area contributed by atoms with Gasteiger partial charge in [-0.05, 0) is 25.5 Å². The molecule has 14 nitrogen and oxygen atoms in total. The number of hydrogen-bond donors (Lipinski definition) is 1. The number of rotatable bonds is 15. The molecule has 0 saturated carbocycles. The minimum atomic E-state index is -1.05. The van der Waals surface area contributed by atoms with Gasteiger partial charge in [0.1, 0.15) is 30.7 Å². The highest BCUT2D eigenvalue weighted by atomic mass is 16.5. The fourth-order valence-electron chi connectivity index (χ4n) is 4.08. The standard InChI is InChI=1S/C25H29N5O9/c1-16(31)14-38-12-11-37-10-9-36-8-7-29-13-17(27-28-29)15-39-20-4-2-3-18-22(20)25(35)30(24(18)34)19-5-6-21(32)26-23(19)33/h2-4,13,19H,5-12,14-15H2,1H3,(H,26,32,33). The molecule has 14 heteroatoms. The monoisotopic (exact) mass is 543 g/mol. The van der Waals surface area contributed by atoms with Crippen molar-refractivity contribution in [1.29, 1.82) is 0 Å². The van der Waals surface area contributed by atoms with Crippen molar-refractivity contribution < 1.29 is 42.9 Å². The van der Waals surface area contributed by atoms with Crippen molar-refractivity contribution in [2.45, 2.75) is 39.0 Å². The van der Waals surface area contributed by atoms with E-state index in [9.17, 15) is 24.0 Å². The van der Waals surface area contributed by atoms with Crippen molar-refractivity contribution in [1.82, 2.24) is 25.2 Å². The molecule has 1 unspecified atom stereocenters. The number of nitrogens with one attached hydrogen (secondary N) is 1. The van der Waals surface area contributed by atoms with Crippen LogP contribution in [0.3, 0.4) is 0 Å². The molecule has 4 amide bonds. The number of ether oxygens (including phenoxy) is 4. The Balaban J connectivity index is 1.22. The normalized spacial score (nSPS) is 16.9. The second-order valence-electron chi connectivity index (χ2n) is 8.87. The lowest BCUT2D eigenvalue weighted by Gasteiger charge is -2.27. The number of amides is 4. The third kappa shape index (κ3) is 7.10. The van der Waals surface area contributed by atoms with Gasteiger partial charge in [0.15, 0.2) is 5.78 Å². The average molecular weight is 544 g/mol. The van der Waals surface area contributed by atoms with Gasteiger partial charge >= 0.3 is 0 Å². The summed E-state index contributed by atoms with van der Waals surface area (Å²) in [4.78, 5) is 61.5. The zero-order valence-electron chi connectivity index (χ0n) is 21.4. The minimum absolute atomic E-state index is 0.00324. The first kappa shape index (κ1) is 28.0. The number of carbonyl (C=O) groups excluding carboxylic acids is 5. The van der Waals surface area contributed by atoms with Crippen molar-refractivity contribution in [2.24, 2.45) is 0 Å². The van der Waals surface area contributed by atoms with Crippen LogP contribution in [0.4, 0.5) is 0 Å². The number of ketones is 1. The molecule has 3 heterocycles. The number of hydrogen-bond acceptors (Lipinski definition) is 11. The van der Waals surface area contributed by atoms with E-state index in [4.69, 9.17) is 18.9 Å². The molecule has 4 rings (SSSR count). The quantitative estimate of drug-likeness (QED) is 0.235. The number of benzene rings is 1. The third-order valence-corrected chi connectivity index (χ3v) is 5.91. The number of carbonyl (C=O) groups is 5. The van der Waals surface area contributed by atoms with E-state index >= 15 is 0 Å². The maximum absolute atomic E-state index is 13.1. The van der Waals surface area contributed by atoms with E-state index < -0.39 is 29.7 Å². The molecule has 1 saturated heterocycles. The van der Waals surface area contributed by atoms with Crippen LogP contribution in [0.1, 0.15) is 46.2 Å². The van der Waals surface area contributed by atoms with Gasteiger partial charge in [-0.1, -0.05) is 11.3 Å². The maximum atomic E-state index is 13.1. The van der Waals surface area contributed by atoms with Gasteiger partial charge in [-0.2, -0.15) is 0 Å². The van der Waals surface area contributed by atoms with Gasteiger partial charge in [-0.25, -0.2) is 4.68 Å². The molecular formula is C25H29N5O9. The summed E-state index contributed by atoms with van der Waals surface area (Å²) < 4.78 is 23.3. The minimum Gasteiger partial charge on any atom is -0.486 e. The predicted molar refractivity (Wildman–Crippen MR) is 131 cm³/mol. The van der Waals surface area contributed by atoms with Crippen LogP contribution in [0.15, 0.2) is 24.4 Å². The SMILES string of the molecule is CC(=O)COCCOCCOCCn1cc(COc2cccc3c2C(=O)N(C2CCC(=O)NC2=O)C3=O)nn1. The second-order valence-corrected chi connectivity index (χ2v) is 8.87. The second kappa shape index (κ2) is 13.2. The molecule has 0 radical (unpaired) electrons. The van der Waals surface area contributed by atoms with Crippen molar-refractivity contribution in [3.8, 4) is 5.75 Å². The average Bonchev–Trinajstić information content (AvgIpc) is 3.46. The lowest BCUT2D eigenvalue weighted by atomic mass is 10.0. The first-order valence-corrected chi connectivity index (χ1v) is 12.4. The molecule has 1 N–H and O–H groups in total. The topological polar surface area (TPSA) is 168 Å². The van der Waals surface area contributed by atoms with Gasteiger partial charge in [0.25, 0.3) is 11.8 Å². The number of nitrogens with zero attached hydrogens (tertiary/aromatic N) is 4. The Kier molecular flexibility index (Phi) is 9.46. The smallest absolute Gasteiger partial charge is 0.266 e. The van der Waals surface area contributed by atoms with Crippen LogP contribution in [0.5, 0.6) is 5.75 Å². The summed E-state index contributed by atoms with van der Waals surface area (Å²) in [6.07, 6.45) is 1.79. The van der Waals surface area contributed by atoms with Gasteiger partial charge < -0.3 is 18.9 Å². The number of piperidine rings is 1. The highest BCUT2D eigenvalue weighted by Crippen LogP contribution is 2.33. The Morgan fingerprint density at radius 2 is 1.77 bits per heavy atom. The highest BCUT2D eigenvalue weighted by molar-refractivity contribution is 6.24. The Bertz CT molecular complexity index is 1240. The summed E-state index contributed by atoms with van der Waals surface area (Å²) in [5.74, 6) is -2.21. The van der Waals surface area contributed by atoms with E-state index in [2.05, 4.69) is 15.6 Å². The molecule has 39 heavy (non-hydrogen) atoms. The van der Waals surface area contributed by atoms with E-state index in [0.29, 0.717) is 45.3 Å². The fourth-order valence-corrected chi connectivity index (χ4v) is 4.08. The van der Waals surface area contributed by atoms with Crippen molar-refractivity contribution in [3.05, 3.63) is 41.2 Å². The molecule has 0 aliphatic carbocycles. The Hall–Kier alpha value is -4.01. The largest absolute Gasteiger partial charge is 0.486 e. The molecule has 208 valence electrons. The number of aromatic nitrogens is 3. The molecule has 1 fully saturated rings. The Morgan fingerprint density at radius 3 is 2.51 bits per heavy atom. The van der Waals surface area contributed by atoms with Gasteiger partial charge in [0, 0.05) is 6.42 Å². The first-order chi connectivity index (χ1) is 18.8. The fraction of sp³-hybridized carbons (Fsp3) is 0.480. The van der Waals surface area contributed by atoms with E-state index in [1.165, 1.54) is 13.0 Å². The van der Waals surface area contributed by atoms with Gasteiger partial charge in [-0.15, -0.1) is 5.10 Å². The van der Waals surface area contributed by atoms with Gasteiger partial charge in [0.2, 0.25) is 11.8 Å². The predicted octanol–water partition coefficient (Wildman–Crippen LogP) is -0.103. The van der Waals surface area contributed by atoms with Crippen LogP contribution in [-0.2, 0) is 41.7 Å². The molecule has 0 bridgehead atoms. The van der Waals surface area contributed by atoms with Crippen LogP contribution in [0.25, 0.3) is 0 Å². The van der Waals surface area contributed by atoms with Gasteiger partial charge in [0.05, 0.1) is 56.9 Å².